The molecular formula is C16H21N5S. The van der Waals surface area contributed by atoms with Crippen molar-refractivity contribution in [2.45, 2.75) is 19.9 Å². The summed E-state index contributed by atoms with van der Waals surface area (Å²) in [5.74, 6) is 0. The highest BCUT2D eigenvalue weighted by atomic mass is 32.1. The number of hydrogen-bond donors (Lipinski definition) is 1. The zero-order valence-electron chi connectivity index (χ0n) is 13.2. The van der Waals surface area contributed by atoms with Crippen molar-refractivity contribution >= 4 is 17.3 Å². The normalized spacial score (nSPS) is 11.8. The van der Waals surface area contributed by atoms with Crippen LogP contribution in [0.25, 0.3) is 5.69 Å². The number of thiocarbonyl (C=S) groups is 1. The van der Waals surface area contributed by atoms with Gasteiger partial charge in [-0.15, -0.1) is 0 Å². The molecule has 0 saturated carbocycles. The van der Waals surface area contributed by atoms with Gasteiger partial charge in [0.25, 0.3) is 0 Å². The smallest absolute Gasteiger partial charge is 0.169 e. The van der Waals surface area contributed by atoms with Gasteiger partial charge in [0, 0.05) is 13.6 Å². The van der Waals surface area contributed by atoms with E-state index in [1.807, 2.05) is 31.0 Å². The third-order valence-corrected chi connectivity index (χ3v) is 3.93. The first-order valence-electron chi connectivity index (χ1n) is 7.09. The Balaban J connectivity index is 2.04. The van der Waals surface area contributed by atoms with Crippen LogP contribution in [0.1, 0.15) is 25.5 Å². The number of aromatic nitrogens is 3. The van der Waals surface area contributed by atoms with Crippen molar-refractivity contribution in [2.75, 3.05) is 13.6 Å². The van der Waals surface area contributed by atoms with Crippen LogP contribution in [0.15, 0.2) is 49.1 Å². The molecule has 0 amide bonds. The van der Waals surface area contributed by atoms with Crippen molar-refractivity contribution in [3.63, 3.8) is 0 Å². The maximum Gasteiger partial charge on any atom is 0.169 e. The lowest BCUT2D eigenvalue weighted by atomic mass is 10.1. The second kappa shape index (κ2) is 7.17. The van der Waals surface area contributed by atoms with Crippen LogP contribution in [0, 0.1) is 0 Å². The van der Waals surface area contributed by atoms with Crippen LogP contribution in [0.2, 0.25) is 0 Å². The van der Waals surface area contributed by atoms with Gasteiger partial charge in [0.1, 0.15) is 12.7 Å². The first-order valence-corrected chi connectivity index (χ1v) is 7.50. The molecule has 0 aliphatic heterocycles. The maximum absolute atomic E-state index is 5.41. The fourth-order valence-corrected chi connectivity index (χ4v) is 2.23. The zero-order valence-corrected chi connectivity index (χ0v) is 14.0. The summed E-state index contributed by atoms with van der Waals surface area (Å²) in [7, 11) is 1.99. The predicted molar refractivity (Wildman–Crippen MR) is 93.0 cm³/mol. The second-order valence-electron chi connectivity index (χ2n) is 5.33. The van der Waals surface area contributed by atoms with E-state index in [0.717, 1.165) is 16.4 Å². The van der Waals surface area contributed by atoms with E-state index in [4.69, 9.17) is 12.2 Å². The largest absolute Gasteiger partial charge is 0.359 e. The minimum Gasteiger partial charge on any atom is -0.359 e. The van der Waals surface area contributed by atoms with E-state index in [-0.39, 0.29) is 6.04 Å². The molecule has 6 heteroatoms. The van der Waals surface area contributed by atoms with Crippen molar-refractivity contribution in [1.82, 2.24) is 25.0 Å². The molecule has 0 fully saturated rings. The third kappa shape index (κ3) is 3.92. The molecule has 1 aromatic heterocycles. The molecule has 0 spiro atoms. The van der Waals surface area contributed by atoms with Crippen molar-refractivity contribution in [3.05, 3.63) is 54.6 Å². The Hall–Kier alpha value is -2.21. The molecule has 0 saturated heterocycles. The summed E-state index contributed by atoms with van der Waals surface area (Å²) < 4.78 is 1.73. The molecule has 2 aromatic rings. The van der Waals surface area contributed by atoms with E-state index in [1.165, 1.54) is 11.9 Å². The fourth-order valence-electron chi connectivity index (χ4n) is 2.00. The minimum absolute atomic E-state index is 0.176. The van der Waals surface area contributed by atoms with Crippen molar-refractivity contribution in [2.24, 2.45) is 0 Å². The molecule has 1 atom stereocenters. The Labute approximate surface area is 136 Å². The van der Waals surface area contributed by atoms with Gasteiger partial charge < -0.3 is 10.2 Å². The van der Waals surface area contributed by atoms with E-state index in [9.17, 15) is 0 Å². The summed E-state index contributed by atoms with van der Waals surface area (Å²) in [6.45, 7) is 8.66. The van der Waals surface area contributed by atoms with Crippen molar-refractivity contribution in [3.8, 4) is 5.69 Å². The van der Waals surface area contributed by atoms with Crippen LogP contribution in [0.3, 0.4) is 0 Å². The number of nitrogens with one attached hydrogen (secondary N) is 1. The third-order valence-electron chi connectivity index (χ3n) is 3.50. The highest BCUT2D eigenvalue weighted by Gasteiger charge is 2.14. The Bertz CT molecular complexity index is 633. The molecule has 116 valence electrons. The Morgan fingerprint density at radius 2 is 2.09 bits per heavy atom. The standard InChI is InChI=1S/C16H21N5S/c1-12(2)9-18-16(22)20(4)13(3)14-5-7-15(8-6-14)21-11-17-10-19-21/h5-8,10-11,13H,1,9H2,2-4H3,(H,18,22)/t13-/m1/s1. The monoisotopic (exact) mass is 315 g/mol. The van der Waals surface area contributed by atoms with Gasteiger partial charge in [-0.25, -0.2) is 9.67 Å². The number of benzene rings is 1. The minimum atomic E-state index is 0.176. The van der Waals surface area contributed by atoms with Gasteiger partial charge in [-0.3, -0.25) is 0 Å². The summed E-state index contributed by atoms with van der Waals surface area (Å²) in [5, 5.41) is 8.04. The van der Waals surface area contributed by atoms with Crippen LogP contribution in [0.4, 0.5) is 0 Å². The predicted octanol–water partition coefficient (Wildman–Crippen LogP) is 2.71. The fraction of sp³-hybridized carbons (Fsp3) is 0.312. The molecular weight excluding hydrogens is 294 g/mol. The maximum atomic E-state index is 5.41. The summed E-state index contributed by atoms with van der Waals surface area (Å²) in [6, 6.07) is 8.39. The molecule has 1 N–H and O–H groups in total. The number of rotatable bonds is 5. The number of nitrogens with zero attached hydrogens (tertiary/aromatic N) is 4. The molecule has 0 bridgehead atoms. The highest BCUT2D eigenvalue weighted by molar-refractivity contribution is 7.80. The van der Waals surface area contributed by atoms with Gasteiger partial charge in [-0.05, 0) is 43.8 Å². The second-order valence-corrected chi connectivity index (χ2v) is 5.72. The van der Waals surface area contributed by atoms with Crippen molar-refractivity contribution < 1.29 is 0 Å². The Morgan fingerprint density at radius 1 is 1.41 bits per heavy atom. The number of hydrogen-bond acceptors (Lipinski definition) is 3. The first kappa shape index (κ1) is 16.2. The van der Waals surface area contributed by atoms with Gasteiger partial charge >= 0.3 is 0 Å². The van der Waals surface area contributed by atoms with Gasteiger partial charge in [0.15, 0.2) is 5.11 Å². The molecule has 0 radical (unpaired) electrons. The van der Waals surface area contributed by atoms with Crippen LogP contribution < -0.4 is 5.32 Å². The topological polar surface area (TPSA) is 46.0 Å². The van der Waals surface area contributed by atoms with E-state index in [1.54, 1.807) is 11.0 Å². The lowest BCUT2D eigenvalue weighted by Gasteiger charge is -2.28. The molecule has 0 aliphatic rings. The van der Waals surface area contributed by atoms with Gasteiger partial charge in [0.05, 0.1) is 11.7 Å². The van der Waals surface area contributed by atoms with Gasteiger partial charge in [-0.1, -0.05) is 24.3 Å². The Kier molecular flexibility index (Phi) is 5.27. The highest BCUT2D eigenvalue weighted by Crippen LogP contribution is 2.20. The molecule has 2 rings (SSSR count). The first-order chi connectivity index (χ1) is 10.5. The van der Waals surface area contributed by atoms with Crippen LogP contribution >= 0.6 is 12.2 Å². The van der Waals surface area contributed by atoms with E-state index in [0.29, 0.717) is 6.54 Å². The molecule has 0 aliphatic carbocycles. The van der Waals surface area contributed by atoms with Crippen LogP contribution in [-0.2, 0) is 0 Å². The van der Waals surface area contributed by atoms with Crippen LogP contribution in [0.5, 0.6) is 0 Å². The van der Waals surface area contributed by atoms with E-state index >= 15 is 0 Å². The lowest BCUT2D eigenvalue weighted by molar-refractivity contribution is 0.397. The summed E-state index contributed by atoms with van der Waals surface area (Å²) in [5.41, 5.74) is 3.23. The molecule has 22 heavy (non-hydrogen) atoms. The lowest BCUT2D eigenvalue weighted by Crippen LogP contribution is -2.39. The quantitative estimate of drug-likeness (QED) is 0.679. The zero-order chi connectivity index (χ0) is 16.1. The van der Waals surface area contributed by atoms with Crippen molar-refractivity contribution in [1.29, 1.82) is 0 Å². The molecule has 1 heterocycles. The average molecular weight is 315 g/mol. The Morgan fingerprint density at radius 3 is 2.64 bits per heavy atom. The van der Waals surface area contributed by atoms with Gasteiger partial charge in [-0.2, -0.15) is 5.10 Å². The van der Waals surface area contributed by atoms with Crippen LogP contribution in [-0.4, -0.2) is 38.4 Å². The molecule has 1 aromatic carbocycles. The summed E-state index contributed by atoms with van der Waals surface area (Å²) in [6.07, 6.45) is 3.21. The van der Waals surface area contributed by atoms with Gasteiger partial charge in [0.2, 0.25) is 0 Å². The van der Waals surface area contributed by atoms with E-state index < -0.39 is 0 Å². The molecule has 5 nitrogen and oxygen atoms in total. The SMILES string of the molecule is C=C(C)CNC(=S)N(C)[C@H](C)c1ccc(-n2cncn2)cc1. The summed E-state index contributed by atoms with van der Waals surface area (Å²) >= 11 is 5.41. The summed E-state index contributed by atoms with van der Waals surface area (Å²) in [4.78, 5) is 6.00. The average Bonchev–Trinajstić information content (AvgIpc) is 3.05. The van der Waals surface area contributed by atoms with E-state index in [2.05, 4.69) is 41.0 Å². The molecule has 0 unspecified atom stereocenters.